The van der Waals surface area contributed by atoms with Gasteiger partial charge in [-0.2, -0.15) is 0 Å². The standard InChI is InChI=1S/C23H24ClNO4.Zn/c24-19-8-6-17(7-9-19)15-23(21(27)14-20(26)22(28)29)10-12-25(13-11-23)16-18-4-2-1-3-5-18;/h1-9,14,26H,10-13,15-16H2,(H,28,29);/q;+2/p-2/b20-14-;. The van der Waals surface area contributed by atoms with Gasteiger partial charge < -0.3 is 15.0 Å². The van der Waals surface area contributed by atoms with Crippen LogP contribution in [0.1, 0.15) is 24.0 Å². The third-order valence-electron chi connectivity index (χ3n) is 5.50. The average molecular weight is 477 g/mol. The molecule has 1 fully saturated rings. The molecule has 1 aliphatic rings. The van der Waals surface area contributed by atoms with Crippen molar-refractivity contribution in [1.82, 2.24) is 4.90 Å². The molecule has 3 rings (SSSR count). The smallest absolute Gasteiger partial charge is 0.871 e. The van der Waals surface area contributed by atoms with Crippen LogP contribution in [0.25, 0.3) is 0 Å². The zero-order valence-corrected chi connectivity index (χ0v) is 20.4. The molecule has 0 unspecified atom stereocenters. The second-order valence-electron chi connectivity index (χ2n) is 7.51. The fraction of sp³-hybridized carbons (Fsp3) is 0.304. The normalized spacial score (nSPS) is 16.5. The maximum absolute atomic E-state index is 13.0. The van der Waals surface area contributed by atoms with Crippen LogP contribution in [0.15, 0.2) is 66.4 Å². The molecule has 1 heterocycles. The minimum Gasteiger partial charge on any atom is -0.871 e. The van der Waals surface area contributed by atoms with Crippen molar-refractivity contribution in [2.24, 2.45) is 5.41 Å². The first kappa shape index (κ1) is 24.3. The number of carbonyl (C=O) groups excluding carboxylic acids is 2. The topological polar surface area (TPSA) is 83.5 Å². The summed E-state index contributed by atoms with van der Waals surface area (Å²) in [6.45, 7) is 2.15. The van der Waals surface area contributed by atoms with Crippen LogP contribution in [0, 0.1) is 5.41 Å². The number of carboxylic acid groups (broad SMARTS) is 1. The fourth-order valence-corrected chi connectivity index (χ4v) is 3.94. The summed E-state index contributed by atoms with van der Waals surface area (Å²) in [7, 11) is 0. The molecule has 30 heavy (non-hydrogen) atoms. The van der Waals surface area contributed by atoms with E-state index in [1.807, 2.05) is 30.3 Å². The van der Waals surface area contributed by atoms with Crippen LogP contribution in [0.3, 0.4) is 0 Å². The van der Waals surface area contributed by atoms with Gasteiger partial charge in [0, 0.05) is 17.0 Å². The zero-order chi connectivity index (χ0) is 20.9. The second kappa shape index (κ2) is 10.9. The molecule has 2 aromatic carbocycles. The van der Waals surface area contributed by atoms with Crippen LogP contribution < -0.4 is 10.2 Å². The van der Waals surface area contributed by atoms with E-state index in [4.69, 9.17) is 11.6 Å². The number of carboxylic acids is 1. The quantitative estimate of drug-likeness (QED) is 0.345. The maximum atomic E-state index is 13.0. The van der Waals surface area contributed by atoms with Gasteiger partial charge in [-0.15, -0.1) is 0 Å². The number of aliphatic carboxylic acids is 1. The van der Waals surface area contributed by atoms with E-state index in [1.54, 1.807) is 12.1 Å². The molecule has 2 aromatic rings. The molecule has 5 nitrogen and oxygen atoms in total. The van der Waals surface area contributed by atoms with E-state index in [-0.39, 0.29) is 19.5 Å². The van der Waals surface area contributed by atoms with Crippen molar-refractivity contribution in [1.29, 1.82) is 0 Å². The predicted molar refractivity (Wildman–Crippen MR) is 107 cm³/mol. The second-order valence-corrected chi connectivity index (χ2v) is 7.94. The molecule has 1 saturated heterocycles. The van der Waals surface area contributed by atoms with Crippen LogP contribution in [-0.2, 0) is 42.0 Å². The molecule has 0 aromatic heterocycles. The van der Waals surface area contributed by atoms with Crippen LogP contribution in [-0.4, -0.2) is 29.7 Å². The summed E-state index contributed by atoms with van der Waals surface area (Å²) in [5, 5.41) is 23.0. The van der Waals surface area contributed by atoms with Gasteiger partial charge in [0.2, 0.25) is 0 Å². The van der Waals surface area contributed by atoms with E-state index < -0.39 is 22.9 Å². The molecular formula is C23H22ClNO4Zn. The first-order valence-corrected chi connectivity index (χ1v) is 9.91. The molecule has 0 N–H and O–H groups in total. The summed E-state index contributed by atoms with van der Waals surface area (Å²) >= 11 is 5.95. The molecule has 0 atom stereocenters. The molecule has 152 valence electrons. The summed E-state index contributed by atoms with van der Waals surface area (Å²) < 4.78 is 0. The number of piperidine rings is 1. The van der Waals surface area contributed by atoms with E-state index in [9.17, 15) is 19.8 Å². The summed E-state index contributed by atoms with van der Waals surface area (Å²) in [5.41, 5.74) is 1.31. The van der Waals surface area contributed by atoms with E-state index >= 15 is 0 Å². The van der Waals surface area contributed by atoms with E-state index in [2.05, 4.69) is 17.0 Å². The molecular weight excluding hydrogens is 455 g/mol. The third kappa shape index (κ3) is 6.24. The summed E-state index contributed by atoms with van der Waals surface area (Å²) in [6, 6.07) is 17.3. The van der Waals surface area contributed by atoms with E-state index in [1.165, 1.54) is 5.56 Å². The Hall–Kier alpha value is -2.01. The summed E-state index contributed by atoms with van der Waals surface area (Å²) in [4.78, 5) is 26.0. The molecule has 0 saturated carbocycles. The maximum Gasteiger partial charge on any atom is 2.00 e. The molecule has 0 amide bonds. The minimum atomic E-state index is -1.86. The van der Waals surface area contributed by atoms with Gasteiger partial charge in [0.1, 0.15) is 0 Å². The van der Waals surface area contributed by atoms with Gasteiger partial charge >= 0.3 is 19.5 Å². The Bertz CT molecular complexity index is 891. The van der Waals surface area contributed by atoms with Gasteiger partial charge in [-0.3, -0.25) is 9.69 Å². The number of benzene rings is 2. The van der Waals surface area contributed by atoms with Gasteiger partial charge in [0.15, 0.2) is 5.78 Å². The third-order valence-corrected chi connectivity index (χ3v) is 5.76. The number of allylic oxidation sites excluding steroid dienone is 1. The molecule has 7 heteroatoms. The van der Waals surface area contributed by atoms with E-state index in [0.717, 1.165) is 12.1 Å². The molecule has 1 aliphatic heterocycles. The largest absolute Gasteiger partial charge is 2.00 e. The Morgan fingerprint density at radius 3 is 2.13 bits per heavy atom. The summed E-state index contributed by atoms with van der Waals surface area (Å²) in [5.74, 6) is -3.58. The molecule has 0 bridgehead atoms. The average Bonchev–Trinajstić information content (AvgIpc) is 2.72. The number of hydrogen-bond donors (Lipinski definition) is 0. The zero-order valence-electron chi connectivity index (χ0n) is 16.7. The Morgan fingerprint density at radius 2 is 1.57 bits per heavy atom. The van der Waals surface area contributed by atoms with Crippen LogP contribution in [0.2, 0.25) is 5.02 Å². The van der Waals surface area contributed by atoms with Gasteiger partial charge in [0.05, 0.1) is 5.97 Å². The van der Waals surface area contributed by atoms with Crippen molar-refractivity contribution in [3.8, 4) is 0 Å². The number of halogens is 1. The van der Waals surface area contributed by atoms with Crippen molar-refractivity contribution in [3.05, 3.63) is 82.6 Å². The molecule has 0 aliphatic carbocycles. The number of carbonyl (C=O) groups is 2. The number of hydrogen-bond acceptors (Lipinski definition) is 5. The van der Waals surface area contributed by atoms with Crippen molar-refractivity contribution in [2.45, 2.75) is 25.8 Å². The Balaban J connectivity index is 0.00000320. The van der Waals surface area contributed by atoms with Crippen molar-refractivity contribution in [3.63, 3.8) is 0 Å². The van der Waals surface area contributed by atoms with Gasteiger partial charge in [-0.05, 0) is 61.7 Å². The van der Waals surface area contributed by atoms with Gasteiger partial charge in [-0.1, -0.05) is 59.8 Å². The first-order chi connectivity index (χ1) is 13.9. The van der Waals surface area contributed by atoms with Crippen LogP contribution >= 0.6 is 11.6 Å². The fourth-order valence-electron chi connectivity index (χ4n) is 3.82. The van der Waals surface area contributed by atoms with Crippen LogP contribution in [0.4, 0.5) is 0 Å². The first-order valence-electron chi connectivity index (χ1n) is 9.53. The molecule has 0 radical (unpaired) electrons. The molecule has 0 spiro atoms. The monoisotopic (exact) mass is 475 g/mol. The van der Waals surface area contributed by atoms with Crippen molar-refractivity contribution < 1.29 is 39.3 Å². The number of likely N-dealkylation sites (tertiary alicyclic amines) is 1. The Kier molecular flexibility index (Phi) is 8.78. The van der Waals surface area contributed by atoms with Crippen molar-refractivity contribution in [2.75, 3.05) is 13.1 Å². The van der Waals surface area contributed by atoms with Gasteiger partial charge in [-0.25, -0.2) is 0 Å². The number of rotatable bonds is 7. The van der Waals surface area contributed by atoms with E-state index in [0.29, 0.717) is 43.5 Å². The Labute approximate surface area is 194 Å². The Morgan fingerprint density at radius 1 is 0.967 bits per heavy atom. The predicted octanol–water partition coefficient (Wildman–Crippen LogP) is 1.73. The number of ketones is 1. The summed E-state index contributed by atoms with van der Waals surface area (Å²) in [6.07, 6.45) is 2.20. The minimum absolute atomic E-state index is 0. The van der Waals surface area contributed by atoms with Gasteiger partial charge in [0.25, 0.3) is 0 Å². The van der Waals surface area contributed by atoms with Crippen LogP contribution in [0.5, 0.6) is 0 Å². The van der Waals surface area contributed by atoms with Crippen molar-refractivity contribution >= 4 is 23.4 Å². The number of nitrogens with zero attached hydrogens (tertiary/aromatic N) is 1. The SMILES string of the molecule is O=C([O-])/C([O-])=C/C(=O)C1(Cc2ccc(Cl)cc2)CCN(Cc2ccccc2)CC1.[Zn+2].